The maximum atomic E-state index is 12.3. The average molecular weight is 314 g/mol. The van der Waals surface area contributed by atoms with Crippen molar-refractivity contribution in [2.45, 2.75) is 24.9 Å². The van der Waals surface area contributed by atoms with E-state index in [2.05, 4.69) is 4.98 Å². The molecule has 0 amide bonds. The summed E-state index contributed by atoms with van der Waals surface area (Å²) in [4.78, 5) is 4.12. The molecule has 0 unspecified atom stereocenters. The number of hydrogen-bond acceptors (Lipinski definition) is 5. The van der Waals surface area contributed by atoms with Gasteiger partial charge in [0.1, 0.15) is 0 Å². The van der Waals surface area contributed by atoms with Crippen LogP contribution in [0.4, 0.5) is 0 Å². The number of aliphatic hydroxyl groups is 1. The second kappa shape index (κ2) is 6.83. The second-order valence-electron chi connectivity index (χ2n) is 5.48. The van der Waals surface area contributed by atoms with Gasteiger partial charge < -0.3 is 9.84 Å². The van der Waals surface area contributed by atoms with E-state index in [9.17, 15) is 13.5 Å². The highest BCUT2D eigenvalue weighted by atomic mass is 32.2. The van der Waals surface area contributed by atoms with Crippen molar-refractivity contribution in [2.24, 2.45) is 0 Å². The normalized spacial score (nSPS) is 18.8. The lowest BCUT2D eigenvalue weighted by molar-refractivity contribution is -0.0689. The molecule has 0 spiro atoms. The van der Waals surface area contributed by atoms with Crippen LogP contribution in [0.1, 0.15) is 18.5 Å². The molecule has 0 bridgehead atoms. The lowest BCUT2D eigenvalue weighted by Gasteiger charge is -2.35. The molecule has 1 fully saturated rings. The number of aromatic nitrogens is 1. The van der Waals surface area contributed by atoms with Gasteiger partial charge in [0.15, 0.2) is 0 Å². The van der Waals surface area contributed by atoms with Crippen molar-refractivity contribution < 1.29 is 18.3 Å². The molecule has 21 heavy (non-hydrogen) atoms. The molecule has 1 saturated heterocycles. The third kappa shape index (κ3) is 4.74. The van der Waals surface area contributed by atoms with Gasteiger partial charge in [0, 0.05) is 58.0 Å². The third-order valence-electron chi connectivity index (χ3n) is 3.76. The average Bonchev–Trinajstić information content (AvgIpc) is 2.46. The number of pyridine rings is 1. The van der Waals surface area contributed by atoms with Crippen LogP contribution < -0.4 is 0 Å². The number of ether oxygens (including phenoxy) is 1. The van der Waals surface area contributed by atoms with Crippen molar-refractivity contribution in [3.63, 3.8) is 0 Å². The largest absolute Gasteiger partial charge is 0.388 e. The van der Waals surface area contributed by atoms with Crippen molar-refractivity contribution >= 4 is 10.0 Å². The molecule has 1 aromatic heterocycles. The first kappa shape index (κ1) is 16.4. The van der Waals surface area contributed by atoms with Crippen LogP contribution in [-0.4, -0.2) is 61.0 Å². The van der Waals surface area contributed by atoms with Crippen molar-refractivity contribution in [1.29, 1.82) is 0 Å². The molecule has 0 saturated carbocycles. The number of likely N-dealkylation sites (N-methyl/N-ethyl adjacent to an activating group) is 1. The fraction of sp³-hybridized carbons (Fsp3) is 0.643. The number of aryl methyl sites for hydroxylation is 1. The van der Waals surface area contributed by atoms with Crippen LogP contribution in [-0.2, 0) is 21.2 Å². The summed E-state index contributed by atoms with van der Waals surface area (Å²) in [6, 6.07) is 5.44. The summed E-state index contributed by atoms with van der Waals surface area (Å²) in [6.07, 6.45) is 2.95. The number of nitrogens with zero attached hydrogens (tertiary/aromatic N) is 2. The smallest absolute Gasteiger partial charge is 0.214 e. The Kier molecular flexibility index (Phi) is 5.32. The van der Waals surface area contributed by atoms with Gasteiger partial charge in [-0.2, -0.15) is 0 Å². The summed E-state index contributed by atoms with van der Waals surface area (Å²) in [6.45, 7) is 1.05. The van der Waals surface area contributed by atoms with E-state index in [1.54, 1.807) is 12.3 Å². The highest BCUT2D eigenvalue weighted by molar-refractivity contribution is 7.89. The number of sulfonamides is 1. The highest BCUT2D eigenvalue weighted by Gasteiger charge is 2.34. The molecule has 2 heterocycles. The molecule has 1 aromatic rings. The molecule has 2 rings (SSSR count). The van der Waals surface area contributed by atoms with E-state index in [0.29, 0.717) is 32.5 Å². The van der Waals surface area contributed by atoms with Crippen LogP contribution in [0.5, 0.6) is 0 Å². The molecule has 1 aliphatic heterocycles. The minimum absolute atomic E-state index is 0.00685. The predicted octanol–water partition coefficient (Wildman–Crippen LogP) is 0.427. The summed E-state index contributed by atoms with van der Waals surface area (Å²) in [5.41, 5.74) is -0.232. The first-order valence-electron chi connectivity index (χ1n) is 7.05. The maximum Gasteiger partial charge on any atom is 0.214 e. The van der Waals surface area contributed by atoms with Crippen LogP contribution >= 0.6 is 0 Å². The minimum atomic E-state index is -3.40. The first-order chi connectivity index (χ1) is 9.91. The first-order valence-corrected chi connectivity index (χ1v) is 8.66. The molecule has 0 radical (unpaired) electrons. The predicted molar refractivity (Wildman–Crippen MR) is 79.4 cm³/mol. The lowest BCUT2D eigenvalue weighted by Crippen LogP contribution is -2.47. The Labute approximate surface area is 125 Å². The maximum absolute atomic E-state index is 12.3. The van der Waals surface area contributed by atoms with Gasteiger partial charge >= 0.3 is 0 Å². The van der Waals surface area contributed by atoms with Gasteiger partial charge in [0.2, 0.25) is 10.0 Å². The summed E-state index contributed by atoms with van der Waals surface area (Å²) >= 11 is 0. The van der Waals surface area contributed by atoms with E-state index >= 15 is 0 Å². The van der Waals surface area contributed by atoms with Crippen molar-refractivity contribution in [3.05, 3.63) is 30.1 Å². The zero-order chi connectivity index (χ0) is 15.3. The van der Waals surface area contributed by atoms with E-state index in [1.807, 2.05) is 12.1 Å². The lowest BCUT2D eigenvalue weighted by atomic mass is 9.95. The minimum Gasteiger partial charge on any atom is -0.388 e. The van der Waals surface area contributed by atoms with E-state index < -0.39 is 15.6 Å². The third-order valence-corrected chi connectivity index (χ3v) is 5.56. The zero-order valence-corrected chi connectivity index (χ0v) is 13.1. The van der Waals surface area contributed by atoms with Gasteiger partial charge in [-0.15, -0.1) is 0 Å². The summed E-state index contributed by atoms with van der Waals surface area (Å²) < 4.78 is 31.0. The van der Waals surface area contributed by atoms with Gasteiger partial charge in [-0.05, 0) is 12.1 Å². The molecular formula is C14H22N2O4S. The molecule has 1 N–H and O–H groups in total. The Balaban J connectivity index is 1.92. The summed E-state index contributed by atoms with van der Waals surface area (Å²) in [7, 11) is -1.89. The monoisotopic (exact) mass is 314 g/mol. The zero-order valence-electron chi connectivity index (χ0n) is 12.2. The fourth-order valence-electron chi connectivity index (χ4n) is 2.36. The van der Waals surface area contributed by atoms with Crippen LogP contribution in [0.25, 0.3) is 0 Å². The van der Waals surface area contributed by atoms with E-state index in [4.69, 9.17) is 4.74 Å². The van der Waals surface area contributed by atoms with E-state index in [1.165, 1.54) is 11.4 Å². The van der Waals surface area contributed by atoms with Gasteiger partial charge in [-0.25, -0.2) is 12.7 Å². The molecule has 0 atom stereocenters. The standard InChI is InChI=1S/C14H22N2O4S/c1-16(12-14(17)6-9-20-10-7-14)21(18,19)11-5-13-4-2-3-8-15-13/h2-4,8,17H,5-7,9-12H2,1H3. The van der Waals surface area contributed by atoms with Gasteiger partial charge in [0.05, 0.1) is 11.4 Å². The molecule has 0 aromatic carbocycles. The van der Waals surface area contributed by atoms with E-state index in [-0.39, 0.29) is 12.3 Å². The Morgan fingerprint density at radius 2 is 2.10 bits per heavy atom. The summed E-state index contributed by atoms with van der Waals surface area (Å²) in [5.74, 6) is -0.00685. The van der Waals surface area contributed by atoms with Crippen LogP contribution in [0.15, 0.2) is 24.4 Å². The Hall–Kier alpha value is -1.02. The van der Waals surface area contributed by atoms with Crippen LogP contribution in [0, 0.1) is 0 Å². The molecule has 0 aliphatic carbocycles. The fourth-order valence-corrected chi connectivity index (χ4v) is 3.57. The van der Waals surface area contributed by atoms with Gasteiger partial charge in [0.25, 0.3) is 0 Å². The van der Waals surface area contributed by atoms with Crippen LogP contribution in [0.3, 0.4) is 0 Å². The Morgan fingerprint density at radius 1 is 1.38 bits per heavy atom. The van der Waals surface area contributed by atoms with Crippen molar-refractivity contribution in [3.8, 4) is 0 Å². The molecular weight excluding hydrogens is 292 g/mol. The van der Waals surface area contributed by atoms with Crippen LogP contribution in [0.2, 0.25) is 0 Å². The molecule has 1 aliphatic rings. The Morgan fingerprint density at radius 3 is 2.71 bits per heavy atom. The topological polar surface area (TPSA) is 79.7 Å². The van der Waals surface area contributed by atoms with Gasteiger partial charge in [-0.3, -0.25) is 4.98 Å². The van der Waals surface area contributed by atoms with Crippen molar-refractivity contribution in [2.75, 3.05) is 32.6 Å². The molecule has 6 nitrogen and oxygen atoms in total. The summed E-state index contributed by atoms with van der Waals surface area (Å²) in [5, 5.41) is 10.4. The highest BCUT2D eigenvalue weighted by Crippen LogP contribution is 2.22. The quantitative estimate of drug-likeness (QED) is 0.823. The second-order valence-corrected chi connectivity index (χ2v) is 7.68. The number of hydrogen-bond donors (Lipinski definition) is 1. The Bertz CT molecular complexity index is 541. The van der Waals surface area contributed by atoms with Gasteiger partial charge in [-0.1, -0.05) is 6.07 Å². The number of rotatable bonds is 6. The van der Waals surface area contributed by atoms with Crippen molar-refractivity contribution in [1.82, 2.24) is 9.29 Å². The molecule has 7 heteroatoms. The van der Waals surface area contributed by atoms with E-state index in [0.717, 1.165) is 5.69 Å². The SMILES string of the molecule is CN(CC1(O)CCOCC1)S(=O)(=O)CCc1ccccn1. The molecule has 118 valence electrons.